The number of allylic oxidation sites excluding steroid dienone is 2. The van der Waals surface area contributed by atoms with Gasteiger partial charge in [0.25, 0.3) is 17.7 Å². The number of hydrazine groups is 1. The van der Waals surface area contributed by atoms with E-state index in [2.05, 4.69) is 17.4 Å². The molecule has 2 unspecified atom stereocenters. The zero-order valence-electron chi connectivity index (χ0n) is 31.1. The van der Waals surface area contributed by atoms with Gasteiger partial charge < -0.3 is 14.4 Å². The minimum absolute atomic E-state index is 0.0628. The van der Waals surface area contributed by atoms with Crippen LogP contribution in [0.5, 0.6) is 5.75 Å². The average molecular weight is 687 g/mol. The Bertz CT molecular complexity index is 1710. The summed E-state index contributed by atoms with van der Waals surface area (Å²) in [4.78, 5) is 64.2. The molecule has 4 rings (SSSR count). The second-order valence-electron chi connectivity index (χ2n) is 14.6. The Hall–Kier alpha value is -5.11. The third kappa shape index (κ3) is 9.11. The Morgan fingerprint density at radius 2 is 1.70 bits per heavy atom. The van der Waals surface area contributed by atoms with E-state index in [1.165, 1.54) is 9.91 Å². The molecule has 0 radical (unpaired) electrons. The number of carbonyl (C=O) groups is 5. The van der Waals surface area contributed by atoms with Gasteiger partial charge in [0, 0.05) is 16.7 Å². The van der Waals surface area contributed by atoms with Crippen molar-refractivity contribution in [1.29, 1.82) is 0 Å². The number of esters is 1. The molecule has 0 spiro atoms. The van der Waals surface area contributed by atoms with E-state index < -0.39 is 17.5 Å². The summed E-state index contributed by atoms with van der Waals surface area (Å²) in [6.07, 6.45) is 7.21. The summed E-state index contributed by atoms with van der Waals surface area (Å²) < 4.78 is 10.5. The van der Waals surface area contributed by atoms with E-state index in [0.717, 1.165) is 27.2 Å². The topological polar surface area (TPSA) is 126 Å². The molecule has 0 bridgehead atoms. The van der Waals surface area contributed by atoms with E-state index in [0.29, 0.717) is 16.9 Å². The molecule has 1 aliphatic carbocycles. The van der Waals surface area contributed by atoms with Crippen molar-refractivity contribution in [2.75, 3.05) is 26.9 Å². The Morgan fingerprint density at radius 3 is 2.24 bits per heavy atom. The normalized spacial score (nSPS) is 17.6. The predicted octanol–water partition coefficient (Wildman–Crippen LogP) is 5.83. The molecule has 1 saturated carbocycles. The van der Waals surface area contributed by atoms with E-state index in [9.17, 15) is 24.0 Å². The molecule has 268 valence electrons. The van der Waals surface area contributed by atoms with Crippen molar-refractivity contribution >= 4 is 29.7 Å². The lowest BCUT2D eigenvalue weighted by atomic mass is 10.0. The van der Waals surface area contributed by atoms with Crippen LogP contribution in [0, 0.1) is 50.4 Å². The number of methoxy groups -OCH3 is 1. The molecular weight excluding hydrogens is 636 g/mol. The maximum Gasteiger partial charge on any atom is 0.330 e. The predicted molar refractivity (Wildman–Crippen MR) is 191 cm³/mol. The molecule has 50 heavy (non-hydrogen) atoms. The van der Waals surface area contributed by atoms with Crippen molar-refractivity contribution in [2.45, 2.75) is 74.8 Å². The quantitative estimate of drug-likeness (QED) is 0.122. The molecule has 1 heterocycles. The molecule has 1 saturated heterocycles. The standard InChI is InChI=1S/C22H28N2O3.C17H22N2O4/c1-14-11-15(2)13-17(12-14)21(26)24(22(4,5)6)23-20(25)18-9-8-10-19(27-7)16(18)3;1-6-7-18-9-13(20)19(16(18)22)10-23-15(21)14-12(8-11(2)3)17(14,4)5/h8-13H,1-7H3,(H,23,25);1,8,12,14H,7,9-10H2,2-5H3. The third-order valence-electron chi connectivity index (χ3n) is 8.73. The lowest BCUT2D eigenvalue weighted by Gasteiger charge is -2.35. The lowest BCUT2D eigenvalue weighted by molar-refractivity contribution is -0.151. The zero-order valence-corrected chi connectivity index (χ0v) is 31.1. The second-order valence-corrected chi connectivity index (χ2v) is 14.6. The van der Waals surface area contributed by atoms with Crippen LogP contribution in [0.25, 0.3) is 0 Å². The van der Waals surface area contributed by atoms with Crippen LogP contribution in [0.15, 0.2) is 48.0 Å². The number of hydrogen-bond acceptors (Lipinski definition) is 7. The number of ether oxygens (including phenoxy) is 2. The van der Waals surface area contributed by atoms with Crippen LogP contribution in [-0.2, 0) is 14.3 Å². The van der Waals surface area contributed by atoms with Crippen molar-refractivity contribution in [3.8, 4) is 18.1 Å². The first-order chi connectivity index (χ1) is 23.2. The summed E-state index contributed by atoms with van der Waals surface area (Å²) in [7, 11) is 1.56. The molecule has 2 aliphatic rings. The highest BCUT2D eigenvalue weighted by Crippen LogP contribution is 2.59. The van der Waals surface area contributed by atoms with Crippen molar-refractivity contribution in [3.63, 3.8) is 0 Å². The minimum atomic E-state index is -0.600. The van der Waals surface area contributed by atoms with Gasteiger partial charge in [0.15, 0.2) is 6.73 Å². The summed E-state index contributed by atoms with van der Waals surface area (Å²) in [6, 6.07) is 10.4. The number of nitrogens with zero attached hydrogens (tertiary/aromatic N) is 3. The zero-order chi connectivity index (χ0) is 37.7. The summed E-state index contributed by atoms with van der Waals surface area (Å²) in [5.74, 6) is 1.45. The number of amides is 5. The average Bonchev–Trinajstić information content (AvgIpc) is 3.44. The first kappa shape index (κ1) is 39.3. The second kappa shape index (κ2) is 15.6. The fourth-order valence-corrected chi connectivity index (χ4v) is 5.96. The number of hydrogen-bond donors (Lipinski definition) is 1. The van der Waals surface area contributed by atoms with Crippen LogP contribution < -0.4 is 10.2 Å². The first-order valence-corrected chi connectivity index (χ1v) is 16.5. The molecule has 2 atom stereocenters. The fraction of sp³-hybridized carbons (Fsp3) is 0.462. The number of imide groups is 1. The van der Waals surface area contributed by atoms with Crippen molar-refractivity contribution in [1.82, 2.24) is 20.2 Å². The van der Waals surface area contributed by atoms with Crippen LogP contribution >= 0.6 is 0 Å². The van der Waals surface area contributed by atoms with Gasteiger partial charge in [-0.2, -0.15) is 0 Å². The number of benzene rings is 2. The molecule has 1 N–H and O–H groups in total. The van der Waals surface area contributed by atoms with Crippen molar-refractivity contribution in [2.24, 2.45) is 17.3 Å². The number of urea groups is 1. The Balaban J connectivity index is 0.000000274. The van der Waals surface area contributed by atoms with Crippen LogP contribution in [0.3, 0.4) is 0 Å². The molecule has 1 aliphatic heterocycles. The Morgan fingerprint density at radius 1 is 1.08 bits per heavy atom. The summed E-state index contributed by atoms with van der Waals surface area (Å²) in [5.41, 5.74) is 6.92. The lowest BCUT2D eigenvalue weighted by Crippen LogP contribution is -2.56. The number of aryl methyl sites for hydroxylation is 2. The summed E-state index contributed by atoms with van der Waals surface area (Å²) in [6.45, 7) is 19.0. The van der Waals surface area contributed by atoms with Crippen LogP contribution in [-0.4, -0.2) is 77.0 Å². The maximum atomic E-state index is 13.2. The van der Waals surface area contributed by atoms with E-state index >= 15 is 0 Å². The van der Waals surface area contributed by atoms with Crippen LogP contribution in [0.4, 0.5) is 4.79 Å². The highest BCUT2D eigenvalue weighted by molar-refractivity contribution is 6.02. The summed E-state index contributed by atoms with van der Waals surface area (Å²) in [5, 5.41) is 1.39. The summed E-state index contributed by atoms with van der Waals surface area (Å²) >= 11 is 0. The number of carbonyl (C=O) groups excluding carboxylic acids is 5. The highest BCUT2D eigenvalue weighted by Gasteiger charge is 2.61. The molecule has 2 aromatic carbocycles. The molecule has 5 amide bonds. The van der Waals surface area contributed by atoms with Gasteiger partial charge in [0.2, 0.25) is 0 Å². The SMILES string of the molecule is C#CCN1CC(=O)N(COC(=O)C2C(C=C(C)C)C2(C)C)C1=O.COc1cccc(C(=O)NN(C(=O)c2cc(C)cc(C)c2)C(C)(C)C)c1C. The molecule has 2 fully saturated rings. The molecule has 11 nitrogen and oxygen atoms in total. The fourth-order valence-electron chi connectivity index (χ4n) is 5.96. The minimum Gasteiger partial charge on any atom is -0.496 e. The number of terminal acetylenes is 1. The van der Waals surface area contributed by atoms with Gasteiger partial charge in [0.05, 0.1) is 25.1 Å². The van der Waals surface area contributed by atoms with Gasteiger partial charge in [-0.05, 0) is 91.0 Å². The smallest absolute Gasteiger partial charge is 0.330 e. The van der Waals surface area contributed by atoms with Gasteiger partial charge in [-0.1, -0.05) is 54.7 Å². The van der Waals surface area contributed by atoms with Gasteiger partial charge in [-0.15, -0.1) is 6.42 Å². The van der Waals surface area contributed by atoms with Gasteiger partial charge >= 0.3 is 12.0 Å². The maximum absolute atomic E-state index is 13.2. The third-order valence-corrected chi connectivity index (χ3v) is 8.73. The molecule has 11 heteroatoms. The van der Waals surface area contributed by atoms with Crippen LogP contribution in [0.2, 0.25) is 0 Å². The van der Waals surface area contributed by atoms with Crippen LogP contribution in [0.1, 0.15) is 85.9 Å². The van der Waals surface area contributed by atoms with E-state index in [1.54, 1.807) is 25.3 Å². The molecular formula is C39H50N4O7. The van der Waals surface area contributed by atoms with E-state index in [4.69, 9.17) is 15.9 Å². The van der Waals surface area contributed by atoms with Crippen molar-refractivity contribution < 1.29 is 33.4 Å². The van der Waals surface area contributed by atoms with Gasteiger partial charge in [-0.25, -0.2) is 14.7 Å². The van der Waals surface area contributed by atoms with Crippen molar-refractivity contribution in [3.05, 3.63) is 75.9 Å². The van der Waals surface area contributed by atoms with Gasteiger partial charge in [-0.3, -0.25) is 24.6 Å². The van der Waals surface area contributed by atoms with Gasteiger partial charge in [0.1, 0.15) is 12.3 Å². The largest absolute Gasteiger partial charge is 0.496 e. The molecule has 2 aromatic rings. The monoisotopic (exact) mass is 686 g/mol. The Labute approximate surface area is 295 Å². The number of rotatable bonds is 8. The molecule has 0 aromatic heterocycles. The first-order valence-electron chi connectivity index (χ1n) is 16.5. The Kier molecular flexibility index (Phi) is 12.3. The van der Waals surface area contributed by atoms with E-state index in [1.807, 2.05) is 87.4 Å². The van der Waals surface area contributed by atoms with E-state index in [-0.39, 0.29) is 54.9 Å². The number of nitrogens with one attached hydrogen (secondary N) is 1. The highest BCUT2D eigenvalue weighted by atomic mass is 16.5.